The first-order valence-corrected chi connectivity index (χ1v) is 9.45. The molecule has 9 heteroatoms. The van der Waals surface area contributed by atoms with E-state index in [1.165, 1.54) is 33.5 Å². The molecule has 0 aliphatic rings. The lowest BCUT2D eigenvalue weighted by molar-refractivity contribution is -0.140. The van der Waals surface area contributed by atoms with Crippen molar-refractivity contribution in [3.05, 3.63) is 52.6 Å². The number of aryl methyl sites for hydroxylation is 1. The van der Waals surface area contributed by atoms with Crippen LogP contribution in [0.25, 0.3) is 10.2 Å². The van der Waals surface area contributed by atoms with E-state index in [0.717, 1.165) is 11.3 Å². The summed E-state index contributed by atoms with van der Waals surface area (Å²) in [5, 5.41) is 0. The van der Waals surface area contributed by atoms with Gasteiger partial charge in [0.1, 0.15) is 17.3 Å². The lowest BCUT2D eigenvalue weighted by Gasteiger charge is -2.08. The van der Waals surface area contributed by atoms with Crippen LogP contribution in [0, 0.1) is 5.82 Å². The van der Waals surface area contributed by atoms with E-state index in [4.69, 9.17) is 9.47 Å². The molecule has 2 aromatic carbocycles. The Labute approximate surface area is 170 Å². The van der Waals surface area contributed by atoms with Gasteiger partial charge in [-0.15, -0.1) is 0 Å². The van der Waals surface area contributed by atoms with Crippen molar-refractivity contribution in [1.82, 2.24) is 4.57 Å². The van der Waals surface area contributed by atoms with E-state index < -0.39 is 17.7 Å². The molecular weight excluding hydrogens is 399 g/mol. The summed E-state index contributed by atoms with van der Waals surface area (Å²) in [7, 11) is 4.27. The molecule has 29 heavy (non-hydrogen) atoms. The number of hydrogen-bond donors (Lipinski definition) is 0. The van der Waals surface area contributed by atoms with Gasteiger partial charge < -0.3 is 18.8 Å². The number of carbonyl (C=O) groups excluding carboxylic acids is 2. The number of benzene rings is 2. The van der Waals surface area contributed by atoms with Gasteiger partial charge in [-0.1, -0.05) is 11.3 Å². The highest BCUT2D eigenvalue weighted by molar-refractivity contribution is 7.16. The number of rotatable bonds is 6. The van der Waals surface area contributed by atoms with E-state index in [9.17, 15) is 14.0 Å². The Morgan fingerprint density at radius 3 is 2.59 bits per heavy atom. The Bertz CT molecular complexity index is 1140. The largest absolute Gasteiger partial charge is 0.497 e. The summed E-state index contributed by atoms with van der Waals surface area (Å²) in [5.41, 5.74) is 0.935. The van der Waals surface area contributed by atoms with E-state index in [1.807, 2.05) is 0 Å². The van der Waals surface area contributed by atoms with Crippen LogP contribution in [0.4, 0.5) is 4.39 Å². The molecule has 0 saturated carbocycles. The molecule has 0 bridgehead atoms. The van der Waals surface area contributed by atoms with E-state index in [1.54, 1.807) is 28.8 Å². The van der Waals surface area contributed by atoms with Crippen LogP contribution in [0.15, 0.2) is 41.4 Å². The SMILES string of the molecule is COC(=O)CCn1c(=NC(=O)c2ccc(OC)cc2OC)sc2cc(F)ccc21. The first kappa shape index (κ1) is 20.5. The molecule has 0 aliphatic heterocycles. The highest BCUT2D eigenvalue weighted by atomic mass is 32.1. The number of ether oxygens (including phenoxy) is 3. The summed E-state index contributed by atoms with van der Waals surface area (Å²) in [4.78, 5) is 29.0. The molecule has 0 radical (unpaired) electrons. The molecule has 0 N–H and O–H groups in total. The van der Waals surface area contributed by atoms with Crippen molar-refractivity contribution in [3.63, 3.8) is 0 Å². The predicted octanol–water partition coefficient (Wildman–Crippen LogP) is 3.16. The maximum atomic E-state index is 13.6. The second-order valence-electron chi connectivity index (χ2n) is 5.96. The minimum atomic E-state index is -0.525. The molecule has 7 nitrogen and oxygen atoms in total. The van der Waals surface area contributed by atoms with Crippen molar-refractivity contribution < 1.29 is 28.2 Å². The fourth-order valence-electron chi connectivity index (χ4n) is 2.78. The molecule has 0 aliphatic carbocycles. The Kier molecular flexibility index (Phi) is 6.28. The lowest BCUT2D eigenvalue weighted by Crippen LogP contribution is -2.19. The molecule has 0 spiro atoms. The molecular formula is C20H19FN2O5S. The molecule has 3 rings (SSSR count). The maximum Gasteiger partial charge on any atom is 0.307 e. The number of amides is 1. The summed E-state index contributed by atoms with van der Waals surface area (Å²) >= 11 is 1.16. The summed E-state index contributed by atoms with van der Waals surface area (Å²) in [6, 6.07) is 9.07. The van der Waals surface area contributed by atoms with Crippen LogP contribution in [0.2, 0.25) is 0 Å². The Morgan fingerprint density at radius 1 is 1.10 bits per heavy atom. The Balaban J connectivity index is 2.09. The van der Waals surface area contributed by atoms with Crippen LogP contribution in [0.3, 0.4) is 0 Å². The van der Waals surface area contributed by atoms with E-state index in [0.29, 0.717) is 26.5 Å². The van der Waals surface area contributed by atoms with Gasteiger partial charge in [-0.25, -0.2) is 4.39 Å². The fourth-order valence-corrected chi connectivity index (χ4v) is 3.86. The normalized spacial score (nSPS) is 11.5. The molecule has 0 fully saturated rings. The van der Waals surface area contributed by atoms with E-state index >= 15 is 0 Å². The number of fused-ring (bicyclic) bond motifs is 1. The van der Waals surface area contributed by atoms with Gasteiger partial charge in [-0.3, -0.25) is 9.59 Å². The van der Waals surface area contributed by atoms with Crippen molar-refractivity contribution in [2.75, 3.05) is 21.3 Å². The minimum absolute atomic E-state index is 0.0902. The number of thiazole rings is 1. The van der Waals surface area contributed by atoms with E-state index in [2.05, 4.69) is 9.73 Å². The topological polar surface area (TPSA) is 79.1 Å². The molecule has 0 unspecified atom stereocenters. The lowest BCUT2D eigenvalue weighted by atomic mass is 10.2. The zero-order valence-corrected chi connectivity index (χ0v) is 16.9. The molecule has 0 saturated heterocycles. The first-order valence-electron chi connectivity index (χ1n) is 8.63. The van der Waals surface area contributed by atoms with Crippen LogP contribution in [0.1, 0.15) is 16.8 Å². The number of carbonyl (C=O) groups is 2. The van der Waals surface area contributed by atoms with Crippen LogP contribution in [-0.2, 0) is 16.1 Å². The van der Waals surface area contributed by atoms with Crippen molar-refractivity contribution in [1.29, 1.82) is 0 Å². The van der Waals surface area contributed by atoms with Crippen LogP contribution in [0.5, 0.6) is 11.5 Å². The van der Waals surface area contributed by atoms with Crippen LogP contribution < -0.4 is 14.3 Å². The summed E-state index contributed by atoms with van der Waals surface area (Å²) in [6.45, 7) is 0.240. The summed E-state index contributed by atoms with van der Waals surface area (Å²) < 4.78 is 31.1. The van der Waals surface area contributed by atoms with Crippen molar-refractivity contribution in [3.8, 4) is 11.5 Å². The maximum absolute atomic E-state index is 13.6. The third-order valence-corrected chi connectivity index (χ3v) is 5.29. The van der Waals surface area contributed by atoms with E-state index in [-0.39, 0.29) is 18.5 Å². The number of hydrogen-bond acceptors (Lipinski definition) is 6. The van der Waals surface area contributed by atoms with Gasteiger partial charge >= 0.3 is 5.97 Å². The van der Waals surface area contributed by atoms with Gasteiger partial charge in [-0.05, 0) is 30.3 Å². The zero-order chi connectivity index (χ0) is 21.0. The highest BCUT2D eigenvalue weighted by Gasteiger charge is 2.15. The second-order valence-corrected chi connectivity index (χ2v) is 6.97. The van der Waals surface area contributed by atoms with Crippen LogP contribution in [-0.4, -0.2) is 37.8 Å². The fraction of sp³-hybridized carbons (Fsp3) is 0.250. The number of nitrogens with zero attached hydrogens (tertiary/aromatic N) is 2. The first-order chi connectivity index (χ1) is 14.0. The standard InChI is InChI=1S/C20H19FN2O5S/c1-26-13-5-6-14(16(11-13)27-2)19(25)22-20-23(9-8-18(24)28-3)15-7-4-12(21)10-17(15)29-20/h4-7,10-11H,8-9H2,1-3H3. The van der Waals surface area contributed by atoms with Crippen molar-refractivity contribution in [2.45, 2.75) is 13.0 Å². The van der Waals surface area contributed by atoms with Gasteiger partial charge in [0.05, 0.1) is 43.5 Å². The van der Waals surface area contributed by atoms with Crippen molar-refractivity contribution in [2.24, 2.45) is 4.99 Å². The average Bonchev–Trinajstić information content (AvgIpc) is 3.06. The number of aromatic nitrogens is 1. The predicted molar refractivity (Wildman–Crippen MR) is 106 cm³/mol. The molecule has 1 aromatic heterocycles. The number of esters is 1. The smallest absolute Gasteiger partial charge is 0.307 e. The molecule has 1 heterocycles. The van der Waals surface area contributed by atoms with Gasteiger partial charge in [0, 0.05) is 12.6 Å². The van der Waals surface area contributed by atoms with Gasteiger partial charge in [-0.2, -0.15) is 4.99 Å². The minimum Gasteiger partial charge on any atom is -0.497 e. The molecule has 3 aromatic rings. The monoisotopic (exact) mass is 418 g/mol. The Morgan fingerprint density at radius 2 is 1.90 bits per heavy atom. The van der Waals surface area contributed by atoms with Crippen molar-refractivity contribution >= 4 is 33.4 Å². The van der Waals surface area contributed by atoms with Gasteiger partial charge in [0.15, 0.2) is 4.80 Å². The van der Waals surface area contributed by atoms with Gasteiger partial charge in [0.2, 0.25) is 0 Å². The average molecular weight is 418 g/mol. The molecule has 152 valence electrons. The summed E-state index contributed by atoms with van der Waals surface area (Å²) in [5.74, 6) is -0.444. The quantitative estimate of drug-likeness (QED) is 0.575. The van der Waals surface area contributed by atoms with Crippen LogP contribution >= 0.6 is 11.3 Å². The summed E-state index contributed by atoms with van der Waals surface area (Å²) in [6.07, 6.45) is 0.0902. The zero-order valence-electron chi connectivity index (χ0n) is 16.1. The molecule has 1 amide bonds. The van der Waals surface area contributed by atoms with Gasteiger partial charge in [0.25, 0.3) is 5.91 Å². The molecule has 0 atom stereocenters. The third kappa shape index (κ3) is 4.45. The second kappa shape index (κ2) is 8.87. The Hall–Kier alpha value is -3.20. The third-order valence-electron chi connectivity index (χ3n) is 4.25. The highest BCUT2D eigenvalue weighted by Crippen LogP contribution is 2.25. The number of methoxy groups -OCH3 is 3. The number of halogens is 1.